The van der Waals surface area contributed by atoms with Gasteiger partial charge < -0.3 is 9.88 Å². The number of nitrogens with zero attached hydrogens (tertiary/aromatic N) is 4. The molecule has 0 aliphatic carbocycles. The fourth-order valence-electron chi connectivity index (χ4n) is 2.75. The van der Waals surface area contributed by atoms with E-state index in [2.05, 4.69) is 25.0 Å². The summed E-state index contributed by atoms with van der Waals surface area (Å²) in [6, 6.07) is 0. The molecule has 94 valence electrons. The van der Waals surface area contributed by atoms with Crippen LogP contribution < -0.4 is 5.32 Å². The van der Waals surface area contributed by atoms with Gasteiger partial charge in [-0.05, 0) is 32.4 Å². The first-order chi connectivity index (χ1) is 8.43. The molecular formula is C12H21N5. The van der Waals surface area contributed by atoms with Crippen molar-refractivity contribution < 1.29 is 0 Å². The maximum atomic E-state index is 4.37. The Hall–Kier alpha value is -0.940. The second kappa shape index (κ2) is 5.14. The zero-order valence-electron chi connectivity index (χ0n) is 10.4. The molecule has 3 rings (SSSR count). The van der Waals surface area contributed by atoms with E-state index in [9.17, 15) is 0 Å². The Balaban J connectivity index is 1.69. The molecule has 17 heavy (non-hydrogen) atoms. The molecule has 5 heteroatoms. The van der Waals surface area contributed by atoms with Crippen molar-refractivity contribution in [2.24, 2.45) is 0 Å². The summed E-state index contributed by atoms with van der Waals surface area (Å²) in [5.74, 6) is 2.36. The fourth-order valence-corrected chi connectivity index (χ4v) is 2.75. The minimum absolute atomic E-state index is 0.967. The van der Waals surface area contributed by atoms with Crippen molar-refractivity contribution in [1.82, 2.24) is 25.0 Å². The van der Waals surface area contributed by atoms with Gasteiger partial charge in [0.2, 0.25) is 0 Å². The number of hydrogen-bond acceptors (Lipinski definition) is 4. The van der Waals surface area contributed by atoms with Gasteiger partial charge in [0.15, 0.2) is 0 Å². The monoisotopic (exact) mass is 235 g/mol. The Kier molecular flexibility index (Phi) is 3.38. The molecule has 0 unspecified atom stereocenters. The van der Waals surface area contributed by atoms with Crippen molar-refractivity contribution in [3.63, 3.8) is 0 Å². The predicted molar refractivity (Wildman–Crippen MR) is 65.7 cm³/mol. The first-order valence-electron chi connectivity index (χ1n) is 6.77. The van der Waals surface area contributed by atoms with Gasteiger partial charge >= 0.3 is 0 Å². The van der Waals surface area contributed by atoms with Gasteiger partial charge in [0, 0.05) is 26.1 Å². The van der Waals surface area contributed by atoms with Gasteiger partial charge in [0.05, 0.1) is 6.54 Å². The summed E-state index contributed by atoms with van der Waals surface area (Å²) >= 11 is 0. The van der Waals surface area contributed by atoms with Gasteiger partial charge in [-0.25, -0.2) is 0 Å². The standard InChI is InChI=1S/C12H21N5/c1-2-8-17-11(4-1)14-15-12(17)10-16-7-3-5-13-6-9-16/h13H,1-10H2. The van der Waals surface area contributed by atoms with Crippen LogP contribution in [0.1, 0.15) is 30.9 Å². The lowest BCUT2D eigenvalue weighted by Gasteiger charge is -2.20. The Morgan fingerprint density at radius 3 is 3.00 bits per heavy atom. The number of nitrogens with one attached hydrogen (secondary N) is 1. The van der Waals surface area contributed by atoms with Crippen molar-refractivity contribution in [3.05, 3.63) is 11.6 Å². The van der Waals surface area contributed by atoms with E-state index in [0.29, 0.717) is 0 Å². The second-order valence-electron chi connectivity index (χ2n) is 5.02. The molecule has 0 radical (unpaired) electrons. The van der Waals surface area contributed by atoms with Crippen LogP contribution in [0.15, 0.2) is 0 Å². The van der Waals surface area contributed by atoms with Crippen molar-refractivity contribution in [3.8, 4) is 0 Å². The third kappa shape index (κ3) is 2.50. The van der Waals surface area contributed by atoms with E-state index in [4.69, 9.17) is 0 Å². The maximum absolute atomic E-state index is 4.37. The van der Waals surface area contributed by atoms with Crippen LogP contribution in [0.5, 0.6) is 0 Å². The second-order valence-corrected chi connectivity index (χ2v) is 5.02. The highest BCUT2D eigenvalue weighted by Gasteiger charge is 2.18. The van der Waals surface area contributed by atoms with Crippen molar-refractivity contribution in [2.75, 3.05) is 26.2 Å². The first-order valence-corrected chi connectivity index (χ1v) is 6.77. The highest BCUT2D eigenvalue weighted by atomic mass is 15.3. The van der Waals surface area contributed by atoms with Crippen LogP contribution in [0.3, 0.4) is 0 Å². The average Bonchev–Trinajstić information content (AvgIpc) is 2.59. The summed E-state index contributed by atoms with van der Waals surface area (Å²) < 4.78 is 2.34. The molecular weight excluding hydrogens is 214 g/mol. The first kappa shape index (κ1) is 11.2. The average molecular weight is 235 g/mol. The molecule has 1 aromatic heterocycles. The fraction of sp³-hybridized carbons (Fsp3) is 0.833. The molecule has 0 bridgehead atoms. The Morgan fingerprint density at radius 1 is 1.00 bits per heavy atom. The van der Waals surface area contributed by atoms with Gasteiger partial charge in [0.1, 0.15) is 11.6 Å². The number of hydrogen-bond donors (Lipinski definition) is 1. The van der Waals surface area contributed by atoms with E-state index in [1.54, 1.807) is 0 Å². The molecule has 2 aliphatic heterocycles. The molecule has 2 aliphatic rings. The van der Waals surface area contributed by atoms with Crippen LogP contribution in [-0.4, -0.2) is 45.8 Å². The topological polar surface area (TPSA) is 46.0 Å². The van der Waals surface area contributed by atoms with Crippen molar-refractivity contribution in [2.45, 2.75) is 38.8 Å². The van der Waals surface area contributed by atoms with E-state index in [0.717, 1.165) is 39.1 Å². The molecule has 3 heterocycles. The predicted octanol–water partition coefficient (Wildman–Crippen LogP) is 0.410. The minimum atomic E-state index is 0.967. The molecule has 0 saturated carbocycles. The summed E-state index contributed by atoms with van der Waals surface area (Å²) in [6.45, 7) is 6.63. The highest BCUT2D eigenvalue weighted by molar-refractivity contribution is 4.99. The quantitative estimate of drug-likeness (QED) is 0.806. The summed E-state index contributed by atoms with van der Waals surface area (Å²) in [5, 5.41) is 12.1. The molecule has 0 amide bonds. The SMILES string of the molecule is C1CCn2c(nnc2CN2CCCNCC2)C1. The van der Waals surface area contributed by atoms with E-state index < -0.39 is 0 Å². The molecule has 0 aromatic carbocycles. The molecule has 1 fully saturated rings. The Labute approximate surface area is 102 Å². The van der Waals surface area contributed by atoms with E-state index in [-0.39, 0.29) is 0 Å². The number of rotatable bonds is 2. The largest absolute Gasteiger partial charge is 0.315 e. The van der Waals surface area contributed by atoms with E-state index in [1.165, 1.54) is 37.5 Å². The maximum Gasteiger partial charge on any atom is 0.147 e. The van der Waals surface area contributed by atoms with Crippen LogP contribution in [-0.2, 0) is 19.5 Å². The molecule has 0 atom stereocenters. The Morgan fingerprint density at radius 2 is 2.00 bits per heavy atom. The third-order valence-corrected chi connectivity index (χ3v) is 3.73. The van der Waals surface area contributed by atoms with Gasteiger partial charge in [-0.2, -0.15) is 0 Å². The summed E-state index contributed by atoms with van der Waals surface area (Å²) in [6.07, 6.45) is 4.89. The van der Waals surface area contributed by atoms with Crippen LogP contribution in [0.4, 0.5) is 0 Å². The van der Waals surface area contributed by atoms with Crippen LogP contribution in [0.2, 0.25) is 0 Å². The zero-order chi connectivity index (χ0) is 11.5. The van der Waals surface area contributed by atoms with Gasteiger partial charge in [0.25, 0.3) is 0 Å². The molecule has 1 saturated heterocycles. The van der Waals surface area contributed by atoms with Gasteiger partial charge in [-0.1, -0.05) is 0 Å². The number of aromatic nitrogens is 3. The number of aryl methyl sites for hydroxylation is 1. The molecule has 1 aromatic rings. The molecule has 5 nitrogen and oxygen atoms in total. The minimum Gasteiger partial charge on any atom is -0.315 e. The third-order valence-electron chi connectivity index (χ3n) is 3.73. The van der Waals surface area contributed by atoms with Crippen LogP contribution in [0, 0.1) is 0 Å². The van der Waals surface area contributed by atoms with Gasteiger partial charge in [-0.3, -0.25) is 4.90 Å². The van der Waals surface area contributed by atoms with Crippen molar-refractivity contribution in [1.29, 1.82) is 0 Å². The lowest BCUT2D eigenvalue weighted by Crippen LogP contribution is -2.29. The van der Waals surface area contributed by atoms with E-state index in [1.807, 2.05) is 0 Å². The Bertz CT molecular complexity index is 365. The zero-order valence-corrected chi connectivity index (χ0v) is 10.4. The van der Waals surface area contributed by atoms with Gasteiger partial charge in [-0.15, -0.1) is 10.2 Å². The van der Waals surface area contributed by atoms with Crippen LogP contribution >= 0.6 is 0 Å². The normalized spacial score (nSPS) is 22.1. The smallest absolute Gasteiger partial charge is 0.147 e. The lowest BCUT2D eigenvalue weighted by molar-refractivity contribution is 0.271. The molecule has 0 spiro atoms. The van der Waals surface area contributed by atoms with Crippen molar-refractivity contribution >= 4 is 0 Å². The summed E-state index contributed by atoms with van der Waals surface area (Å²) in [7, 11) is 0. The van der Waals surface area contributed by atoms with Crippen LogP contribution in [0.25, 0.3) is 0 Å². The van der Waals surface area contributed by atoms with E-state index >= 15 is 0 Å². The summed E-state index contributed by atoms with van der Waals surface area (Å²) in [5.41, 5.74) is 0. The number of fused-ring (bicyclic) bond motifs is 1. The lowest BCUT2D eigenvalue weighted by atomic mass is 10.1. The highest BCUT2D eigenvalue weighted by Crippen LogP contribution is 2.15. The molecule has 1 N–H and O–H groups in total. The summed E-state index contributed by atoms with van der Waals surface area (Å²) in [4.78, 5) is 2.49.